The molecule has 2 rings (SSSR count). The third kappa shape index (κ3) is 2.74. The molecule has 0 saturated carbocycles. The average molecular weight is 325 g/mol. The van der Waals surface area contributed by atoms with Crippen LogP contribution in [-0.4, -0.2) is 29.2 Å². The van der Waals surface area contributed by atoms with E-state index in [0.717, 1.165) is 12.1 Å². The van der Waals surface area contributed by atoms with Crippen molar-refractivity contribution in [2.75, 3.05) is 13.6 Å². The number of nitrogens with zero attached hydrogens (tertiary/aromatic N) is 2. The standard InChI is InChI=1S/C13H13Cl2F3N2/c1-8-12(15,7-20(2)19-8)11(14)9-4-3-5-10(6-9)13(16,17)18/h3-6,11H,7H2,1-2H3. The lowest BCUT2D eigenvalue weighted by atomic mass is 9.93. The van der Waals surface area contributed by atoms with Gasteiger partial charge in [-0.1, -0.05) is 18.2 Å². The quantitative estimate of drug-likeness (QED) is 0.741. The first-order valence-electron chi connectivity index (χ1n) is 5.91. The highest BCUT2D eigenvalue weighted by Crippen LogP contribution is 2.43. The maximum atomic E-state index is 12.7. The van der Waals surface area contributed by atoms with Gasteiger partial charge in [0.2, 0.25) is 0 Å². The fourth-order valence-electron chi connectivity index (χ4n) is 2.22. The van der Waals surface area contributed by atoms with Gasteiger partial charge in [0, 0.05) is 7.05 Å². The van der Waals surface area contributed by atoms with Crippen molar-refractivity contribution >= 4 is 28.9 Å². The molecule has 0 amide bonds. The minimum Gasteiger partial charge on any atom is -0.298 e. The molecule has 2 nitrogen and oxygen atoms in total. The highest BCUT2D eigenvalue weighted by molar-refractivity contribution is 6.42. The number of hydrazone groups is 1. The monoisotopic (exact) mass is 324 g/mol. The Balaban J connectivity index is 2.35. The van der Waals surface area contributed by atoms with Gasteiger partial charge in [0.25, 0.3) is 0 Å². The van der Waals surface area contributed by atoms with Crippen molar-refractivity contribution in [3.63, 3.8) is 0 Å². The first kappa shape index (κ1) is 15.4. The molecule has 20 heavy (non-hydrogen) atoms. The topological polar surface area (TPSA) is 15.6 Å². The number of halogens is 5. The van der Waals surface area contributed by atoms with E-state index in [2.05, 4.69) is 5.10 Å². The molecule has 0 aliphatic carbocycles. The van der Waals surface area contributed by atoms with Gasteiger partial charge in [-0.3, -0.25) is 5.01 Å². The summed E-state index contributed by atoms with van der Waals surface area (Å²) in [5.74, 6) is 0. The lowest BCUT2D eigenvalue weighted by molar-refractivity contribution is -0.137. The van der Waals surface area contributed by atoms with Crippen LogP contribution in [0.3, 0.4) is 0 Å². The van der Waals surface area contributed by atoms with E-state index in [1.807, 2.05) is 0 Å². The molecule has 1 aliphatic heterocycles. The molecule has 0 spiro atoms. The maximum absolute atomic E-state index is 12.7. The van der Waals surface area contributed by atoms with Crippen LogP contribution in [0.15, 0.2) is 29.4 Å². The van der Waals surface area contributed by atoms with Crippen LogP contribution in [0, 0.1) is 0 Å². The van der Waals surface area contributed by atoms with E-state index in [1.165, 1.54) is 6.07 Å². The molecular weight excluding hydrogens is 312 g/mol. The number of rotatable bonds is 2. The van der Waals surface area contributed by atoms with Gasteiger partial charge in [0.1, 0.15) is 4.87 Å². The fourth-order valence-corrected chi connectivity index (χ4v) is 2.92. The summed E-state index contributed by atoms with van der Waals surface area (Å²) >= 11 is 12.8. The van der Waals surface area contributed by atoms with E-state index in [1.54, 1.807) is 25.0 Å². The number of hydrogen-bond acceptors (Lipinski definition) is 2. The Kier molecular flexibility index (Phi) is 3.95. The van der Waals surface area contributed by atoms with E-state index in [4.69, 9.17) is 23.2 Å². The van der Waals surface area contributed by atoms with Gasteiger partial charge in [-0.25, -0.2) is 0 Å². The predicted octanol–water partition coefficient (Wildman–Crippen LogP) is 4.28. The van der Waals surface area contributed by atoms with Crippen LogP contribution in [0.2, 0.25) is 0 Å². The molecule has 2 atom stereocenters. The Morgan fingerprint density at radius 2 is 2.05 bits per heavy atom. The number of benzene rings is 1. The summed E-state index contributed by atoms with van der Waals surface area (Å²) in [6.07, 6.45) is -4.40. The largest absolute Gasteiger partial charge is 0.416 e. The average Bonchev–Trinajstić information content (AvgIpc) is 2.62. The van der Waals surface area contributed by atoms with Crippen molar-refractivity contribution in [1.82, 2.24) is 5.01 Å². The highest BCUT2D eigenvalue weighted by Gasteiger charge is 2.45. The second-order valence-electron chi connectivity index (χ2n) is 4.85. The smallest absolute Gasteiger partial charge is 0.298 e. The second kappa shape index (κ2) is 5.11. The Morgan fingerprint density at radius 3 is 2.55 bits per heavy atom. The second-order valence-corrected chi connectivity index (χ2v) is 5.96. The zero-order chi connectivity index (χ0) is 15.1. The lowest BCUT2D eigenvalue weighted by Gasteiger charge is -2.28. The molecular formula is C13H13Cl2F3N2. The summed E-state index contributed by atoms with van der Waals surface area (Å²) in [5.41, 5.74) is 0.197. The van der Waals surface area contributed by atoms with Crippen molar-refractivity contribution in [2.45, 2.75) is 23.4 Å². The molecule has 0 aromatic heterocycles. The van der Waals surface area contributed by atoms with Gasteiger partial charge in [0.15, 0.2) is 0 Å². The third-order valence-electron chi connectivity index (χ3n) is 3.29. The Hall–Kier alpha value is -0.940. The molecule has 110 valence electrons. The molecule has 1 aromatic carbocycles. The highest BCUT2D eigenvalue weighted by atomic mass is 35.5. The lowest BCUT2D eigenvalue weighted by Crippen LogP contribution is -2.38. The van der Waals surface area contributed by atoms with E-state index in [9.17, 15) is 13.2 Å². The first-order chi connectivity index (χ1) is 9.14. The number of hydrogen-bond donors (Lipinski definition) is 0. The van der Waals surface area contributed by atoms with Crippen molar-refractivity contribution in [1.29, 1.82) is 0 Å². The Labute approximate surface area is 125 Å². The van der Waals surface area contributed by atoms with Gasteiger partial charge in [-0.15, -0.1) is 23.2 Å². The van der Waals surface area contributed by atoms with Gasteiger partial charge < -0.3 is 0 Å². The number of alkyl halides is 5. The zero-order valence-corrected chi connectivity index (χ0v) is 12.4. The van der Waals surface area contributed by atoms with E-state index in [0.29, 0.717) is 17.8 Å². The van der Waals surface area contributed by atoms with Crippen molar-refractivity contribution < 1.29 is 13.2 Å². The van der Waals surface area contributed by atoms with Gasteiger partial charge in [0.05, 0.1) is 23.2 Å². The summed E-state index contributed by atoms with van der Waals surface area (Å²) in [6.45, 7) is 2.07. The van der Waals surface area contributed by atoms with E-state index in [-0.39, 0.29) is 0 Å². The summed E-state index contributed by atoms with van der Waals surface area (Å²) in [7, 11) is 1.74. The zero-order valence-electron chi connectivity index (χ0n) is 10.9. The Bertz CT molecular complexity index is 545. The molecule has 2 unspecified atom stereocenters. The van der Waals surface area contributed by atoms with Crippen LogP contribution in [0.1, 0.15) is 23.4 Å². The van der Waals surface area contributed by atoms with Gasteiger partial charge in [-0.2, -0.15) is 18.3 Å². The normalized spacial score (nSPS) is 24.8. The third-order valence-corrected chi connectivity index (χ3v) is 4.64. The summed E-state index contributed by atoms with van der Waals surface area (Å²) < 4.78 is 38.2. The summed E-state index contributed by atoms with van der Waals surface area (Å²) in [5, 5.41) is 5.01. The molecule has 0 N–H and O–H groups in total. The van der Waals surface area contributed by atoms with Crippen LogP contribution in [-0.2, 0) is 6.18 Å². The van der Waals surface area contributed by atoms with Crippen molar-refractivity contribution in [3.05, 3.63) is 35.4 Å². The molecule has 0 radical (unpaired) electrons. The molecule has 1 aliphatic rings. The van der Waals surface area contributed by atoms with Crippen LogP contribution in [0.4, 0.5) is 13.2 Å². The summed E-state index contributed by atoms with van der Waals surface area (Å²) in [6, 6.07) is 4.92. The van der Waals surface area contributed by atoms with Gasteiger partial charge >= 0.3 is 6.18 Å². The maximum Gasteiger partial charge on any atom is 0.416 e. The molecule has 7 heteroatoms. The minimum atomic E-state index is -4.40. The van der Waals surface area contributed by atoms with Crippen LogP contribution in [0.25, 0.3) is 0 Å². The van der Waals surface area contributed by atoms with Crippen LogP contribution in [0.5, 0.6) is 0 Å². The van der Waals surface area contributed by atoms with Crippen molar-refractivity contribution in [3.8, 4) is 0 Å². The van der Waals surface area contributed by atoms with Gasteiger partial charge in [-0.05, 0) is 18.6 Å². The van der Waals surface area contributed by atoms with Crippen LogP contribution < -0.4 is 0 Å². The minimum absolute atomic E-state index is 0.335. The predicted molar refractivity (Wildman–Crippen MR) is 74.4 cm³/mol. The molecule has 0 bridgehead atoms. The van der Waals surface area contributed by atoms with Crippen molar-refractivity contribution in [2.24, 2.45) is 5.10 Å². The first-order valence-corrected chi connectivity index (χ1v) is 6.73. The summed E-state index contributed by atoms with van der Waals surface area (Å²) in [4.78, 5) is -0.999. The van der Waals surface area contributed by atoms with E-state index >= 15 is 0 Å². The van der Waals surface area contributed by atoms with Crippen LogP contribution >= 0.6 is 23.2 Å². The molecule has 0 saturated heterocycles. The molecule has 1 heterocycles. The molecule has 0 fully saturated rings. The Morgan fingerprint density at radius 1 is 1.40 bits per heavy atom. The van der Waals surface area contributed by atoms with E-state index < -0.39 is 22.0 Å². The SMILES string of the molecule is CC1=NN(C)CC1(Cl)C(Cl)c1cccc(C(F)(F)F)c1. The molecule has 1 aromatic rings. The fraction of sp³-hybridized carbons (Fsp3) is 0.462.